The van der Waals surface area contributed by atoms with Gasteiger partial charge in [-0.15, -0.1) is 0 Å². The fraction of sp³-hybridized carbons (Fsp3) is 0.500. The predicted molar refractivity (Wildman–Crippen MR) is 65.9 cm³/mol. The zero-order valence-corrected chi connectivity index (χ0v) is 10.6. The Balaban J connectivity index is 2.68. The summed E-state index contributed by atoms with van der Waals surface area (Å²) in [6, 6.07) is 2.78. The molecule has 19 heavy (non-hydrogen) atoms. The summed E-state index contributed by atoms with van der Waals surface area (Å²) in [5.74, 6) is -1.35. The molecule has 106 valence electrons. The van der Waals surface area contributed by atoms with E-state index >= 15 is 0 Å². The molecule has 0 heterocycles. The van der Waals surface area contributed by atoms with Gasteiger partial charge in [0.1, 0.15) is 11.6 Å². The third-order valence-corrected chi connectivity index (χ3v) is 2.59. The van der Waals surface area contributed by atoms with Crippen molar-refractivity contribution in [2.24, 2.45) is 0 Å². The molecule has 0 fully saturated rings. The maximum atomic E-state index is 13.4. The lowest BCUT2D eigenvalue weighted by atomic mass is 9.80. The Morgan fingerprint density at radius 2 is 1.95 bits per heavy atom. The van der Waals surface area contributed by atoms with Crippen molar-refractivity contribution in [3.8, 4) is 5.75 Å². The smallest absolute Gasteiger partial charge is 0.432 e. The molecule has 0 aliphatic rings. The molecule has 1 rings (SSSR count). The van der Waals surface area contributed by atoms with Gasteiger partial charge in [0.05, 0.1) is 6.42 Å². The molecule has 0 aliphatic heterocycles. The highest BCUT2D eigenvalue weighted by atomic mass is 19.3. The Hall–Kier alpha value is -1.21. The highest BCUT2D eigenvalue weighted by molar-refractivity contribution is 6.58. The first-order valence-electron chi connectivity index (χ1n) is 6.08. The Morgan fingerprint density at radius 3 is 2.47 bits per heavy atom. The molecule has 7 heteroatoms. The first-order chi connectivity index (χ1) is 8.85. The van der Waals surface area contributed by atoms with Gasteiger partial charge >= 0.3 is 13.2 Å². The van der Waals surface area contributed by atoms with Gasteiger partial charge in [0.25, 0.3) is 0 Å². The Morgan fingerprint density at radius 1 is 1.26 bits per heavy atom. The van der Waals surface area contributed by atoms with E-state index in [0.717, 1.165) is 18.6 Å². The van der Waals surface area contributed by atoms with Crippen LogP contribution < -0.4 is 10.2 Å². The zero-order valence-electron chi connectivity index (χ0n) is 10.6. The van der Waals surface area contributed by atoms with Crippen LogP contribution in [0.4, 0.5) is 13.2 Å². The van der Waals surface area contributed by atoms with Gasteiger partial charge in [-0.1, -0.05) is 25.8 Å². The van der Waals surface area contributed by atoms with Crippen LogP contribution in [-0.2, 0) is 0 Å². The topological polar surface area (TPSA) is 49.7 Å². The number of ether oxygens (including phenoxy) is 1. The number of hydrogen-bond donors (Lipinski definition) is 2. The van der Waals surface area contributed by atoms with Gasteiger partial charge in [0.15, 0.2) is 0 Å². The first kappa shape index (κ1) is 15.9. The highest BCUT2D eigenvalue weighted by Crippen LogP contribution is 2.26. The molecular formula is C12H16BF3O3. The molecule has 2 N–H and O–H groups in total. The number of halogens is 3. The summed E-state index contributed by atoms with van der Waals surface area (Å²) >= 11 is 0. The zero-order chi connectivity index (χ0) is 14.5. The van der Waals surface area contributed by atoms with E-state index in [0.29, 0.717) is 18.9 Å². The minimum atomic E-state index is -3.36. The molecule has 3 nitrogen and oxygen atoms in total. The molecule has 0 radical (unpaired) electrons. The molecule has 1 aromatic rings. The summed E-state index contributed by atoms with van der Waals surface area (Å²) in [4.78, 5) is 0. The van der Waals surface area contributed by atoms with Crippen LogP contribution in [0.15, 0.2) is 18.2 Å². The van der Waals surface area contributed by atoms with Crippen LogP contribution in [0.25, 0.3) is 0 Å². The average Bonchev–Trinajstić information content (AvgIpc) is 2.28. The quantitative estimate of drug-likeness (QED) is 0.592. The summed E-state index contributed by atoms with van der Waals surface area (Å²) < 4.78 is 44.5. The molecule has 0 unspecified atom stereocenters. The van der Waals surface area contributed by atoms with Gasteiger partial charge in [-0.2, -0.15) is 8.78 Å². The molecule has 0 amide bonds. The van der Waals surface area contributed by atoms with Gasteiger partial charge in [0.2, 0.25) is 0 Å². The maximum Gasteiger partial charge on any atom is 0.491 e. The van der Waals surface area contributed by atoms with Crippen LogP contribution in [0.1, 0.15) is 32.6 Å². The minimum absolute atomic E-state index is 0.319. The van der Waals surface area contributed by atoms with Crippen molar-refractivity contribution in [2.45, 2.75) is 38.7 Å². The summed E-state index contributed by atoms with van der Waals surface area (Å²) in [5.41, 5.74) is -0.387. The summed E-state index contributed by atoms with van der Waals surface area (Å²) in [6.07, 6.45) is -2.00. The molecule has 0 aromatic heterocycles. The number of benzene rings is 1. The monoisotopic (exact) mass is 276 g/mol. The summed E-state index contributed by atoms with van der Waals surface area (Å²) in [6.45, 7) is 1.90. The SMILES string of the molecule is CCCCCC(F)(F)Oc1ccc(B(O)O)c(F)c1. The second-order valence-electron chi connectivity index (χ2n) is 4.25. The van der Waals surface area contributed by atoms with Crippen molar-refractivity contribution in [3.05, 3.63) is 24.0 Å². The number of rotatable bonds is 7. The van der Waals surface area contributed by atoms with Crippen LogP contribution in [0.2, 0.25) is 0 Å². The first-order valence-corrected chi connectivity index (χ1v) is 6.08. The van der Waals surface area contributed by atoms with Gasteiger partial charge in [-0.05, 0) is 12.5 Å². The molecular weight excluding hydrogens is 260 g/mol. The lowest BCUT2D eigenvalue weighted by Crippen LogP contribution is -2.33. The minimum Gasteiger partial charge on any atom is -0.432 e. The lowest BCUT2D eigenvalue weighted by Gasteiger charge is -2.18. The number of unbranched alkanes of at least 4 members (excludes halogenated alkanes) is 2. The van der Waals surface area contributed by atoms with Crippen LogP contribution in [0, 0.1) is 5.82 Å². The average molecular weight is 276 g/mol. The van der Waals surface area contributed by atoms with Gasteiger partial charge in [-0.3, -0.25) is 0 Å². The predicted octanol–water partition coefficient (Wildman–Crippen LogP) is 2.06. The Kier molecular flexibility index (Phi) is 5.69. The van der Waals surface area contributed by atoms with Gasteiger partial charge in [-0.25, -0.2) is 4.39 Å². The normalized spacial score (nSPS) is 11.5. The standard InChI is InChI=1S/C12H16BF3O3/c1-2-3-4-7-12(15,16)19-9-5-6-10(13(17)18)11(14)8-9/h5-6,8,17-18H,2-4,7H2,1H3. The van der Waals surface area contributed by atoms with Crippen molar-refractivity contribution in [1.82, 2.24) is 0 Å². The fourth-order valence-corrected chi connectivity index (χ4v) is 1.58. The van der Waals surface area contributed by atoms with E-state index in [1.807, 2.05) is 6.92 Å². The van der Waals surface area contributed by atoms with Crippen molar-refractivity contribution in [2.75, 3.05) is 0 Å². The highest BCUT2D eigenvalue weighted by Gasteiger charge is 2.31. The Labute approximate surface area is 110 Å². The molecule has 0 saturated heterocycles. The molecule has 0 bridgehead atoms. The van der Waals surface area contributed by atoms with Crippen LogP contribution in [0.5, 0.6) is 5.75 Å². The third-order valence-electron chi connectivity index (χ3n) is 2.59. The van der Waals surface area contributed by atoms with Crippen LogP contribution in [0.3, 0.4) is 0 Å². The maximum absolute atomic E-state index is 13.4. The van der Waals surface area contributed by atoms with Crippen molar-refractivity contribution >= 4 is 12.6 Å². The molecule has 0 saturated carbocycles. The molecule has 0 aliphatic carbocycles. The molecule has 0 atom stereocenters. The summed E-state index contributed by atoms with van der Waals surface area (Å²) in [7, 11) is -1.99. The lowest BCUT2D eigenvalue weighted by molar-refractivity contribution is -0.181. The summed E-state index contributed by atoms with van der Waals surface area (Å²) in [5, 5.41) is 17.6. The second-order valence-corrected chi connectivity index (χ2v) is 4.25. The van der Waals surface area contributed by atoms with E-state index < -0.39 is 25.5 Å². The van der Waals surface area contributed by atoms with E-state index in [-0.39, 0.29) is 11.2 Å². The third kappa shape index (κ3) is 5.12. The number of alkyl halides is 2. The van der Waals surface area contributed by atoms with Crippen molar-refractivity contribution in [1.29, 1.82) is 0 Å². The van der Waals surface area contributed by atoms with E-state index in [9.17, 15) is 13.2 Å². The second kappa shape index (κ2) is 6.82. The van der Waals surface area contributed by atoms with Crippen molar-refractivity contribution in [3.63, 3.8) is 0 Å². The largest absolute Gasteiger partial charge is 0.491 e. The number of hydrogen-bond acceptors (Lipinski definition) is 3. The van der Waals surface area contributed by atoms with E-state index in [2.05, 4.69) is 4.74 Å². The van der Waals surface area contributed by atoms with E-state index in [1.165, 1.54) is 0 Å². The molecule has 0 spiro atoms. The Bertz CT molecular complexity index is 413. The van der Waals surface area contributed by atoms with Crippen LogP contribution >= 0.6 is 0 Å². The van der Waals surface area contributed by atoms with Crippen molar-refractivity contribution < 1.29 is 28.0 Å². The van der Waals surface area contributed by atoms with Gasteiger partial charge in [0, 0.05) is 11.5 Å². The van der Waals surface area contributed by atoms with Crippen LogP contribution in [-0.4, -0.2) is 23.3 Å². The van der Waals surface area contributed by atoms with Gasteiger partial charge < -0.3 is 14.8 Å². The molecule has 1 aromatic carbocycles. The van der Waals surface area contributed by atoms with E-state index in [1.54, 1.807) is 0 Å². The van der Waals surface area contributed by atoms with E-state index in [4.69, 9.17) is 10.0 Å². The fourth-order valence-electron chi connectivity index (χ4n) is 1.58.